The lowest BCUT2D eigenvalue weighted by atomic mass is 10.2. The van der Waals surface area contributed by atoms with Crippen molar-refractivity contribution >= 4 is 45.0 Å². The van der Waals surface area contributed by atoms with E-state index in [0.717, 1.165) is 0 Å². The monoisotopic (exact) mass is 372 g/mol. The minimum Gasteiger partial charge on any atom is -0.399 e. The van der Waals surface area contributed by atoms with E-state index in [2.05, 4.69) is 21.2 Å². The highest BCUT2D eigenvalue weighted by Crippen LogP contribution is 2.26. The fraction of sp³-hybridized carbons (Fsp3) is 0.0714. The molecule has 0 aliphatic rings. The predicted octanol–water partition coefficient (Wildman–Crippen LogP) is 4.60. The van der Waals surface area contributed by atoms with Crippen LogP contribution in [0.4, 0.5) is 20.2 Å². The van der Waals surface area contributed by atoms with Crippen molar-refractivity contribution in [3.05, 3.63) is 52.5 Å². The Morgan fingerprint density at radius 1 is 1.19 bits per heavy atom. The molecule has 2 aromatic carbocycles. The maximum Gasteiger partial charge on any atom is 0.288 e. The number of carbonyl (C=O) groups is 1. The Morgan fingerprint density at radius 3 is 2.48 bits per heavy atom. The van der Waals surface area contributed by atoms with Gasteiger partial charge in [0.2, 0.25) is 0 Å². The Morgan fingerprint density at radius 2 is 1.86 bits per heavy atom. The Bertz CT molecular complexity index is 650. The minimum atomic E-state index is -2.46. The standard InChI is InChI=1S/C14H11BrF2N2OS/c15-12-6-1-8(18)7-11(12)13(20)19-9-2-4-10(5-3-9)21-14(16)17/h1-7,14H,18H2,(H,19,20). The average molecular weight is 373 g/mol. The van der Waals surface area contributed by atoms with E-state index in [-0.39, 0.29) is 5.91 Å². The van der Waals surface area contributed by atoms with Crippen LogP contribution in [0.3, 0.4) is 0 Å². The van der Waals surface area contributed by atoms with E-state index in [9.17, 15) is 13.6 Å². The largest absolute Gasteiger partial charge is 0.399 e. The van der Waals surface area contributed by atoms with Crippen LogP contribution < -0.4 is 11.1 Å². The summed E-state index contributed by atoms with van der Waals surface area (Å²) in [4.78, 5) is 12.6. The van der Waals surface area contributed by atoms with Gasteiger partial charge in [-0.1, -0.05) is 11.8 Å². The van der Waals surface area contributed by atoms with Crippen molar-refractivity contribution in [3.63, 3.8) is 0 Å². The van der Waals surface area contributed by atoms with Crippen molar-refractivity contribution in [1.29, 1.82) is 0 Å². The van der Waals surface area contributed by atoms with Gasteiger partial charge in [-0.25, -0.2) is 0 Å². The maximum atomic E-state index is 12.2. The second kappa shape index (κ2) is 6.91. The number of hydrogen-bond donors (Lipinski definition) is 2. The first-order valence-electron chi connectivity index (χ1n) is 5.87. The second-order valence-electron chi connectivity index (χ2n) is 4.10. The number of anilines is 2. The van der Waals surface area contributed by atoms with E-state index in [0.29, 0.717) is 38.1 Å². The Kier molecular flexibility index (Phi) is 5.19. The summed E-state index contributed by atoms with van der Waals surface area (Å²) in [5.41, 5.74) is 7.05. The first kappa shape index (κ1) is 15.8. The summed E-state index contributed by atoms with van der Waals surface area (Å²) < 4.78 is 25.0. The summed E-state index contributed by atoms with van der Waals surface area (Å²) in [6, 6.07) is 11.1. The number of rotatable bonds is 4. The van der Waals surface area contributed by atoms with Crippen LogP contribution in [-0.4, -0.2) is 11.7 Å². The van der Waals surface area contributed by atoms with Crippen LogP contribution in [0.2, 0.25) is 0 Å². The van der Waals surface area contributed by atoms with E-state index in [4.69, 9.17) is 5.73 Å². The van der Waals surface area contributed by atoms with Crippen molar-refractivity contribution in [2.24, 2.45) is 0 Å². The second-order valence-corrected chi connectivity index (χ2v) is 6.01. The third-order valence-corrected chi connectivity index (χ3v) is 3.99. The van der Waals surface area contributed by atoms with Crippen LogP contribution in [0.15, 0.2) is 51.8 Å². The zero-order chi connectivity index (χ0) is 15.4. The van der Waals surface area contributed by atoms with Gasteiger partial charge in [-0.05, 0) is 58.4 Å². The van der Waals surface area contributed by atoms with Crippen LogP contribution in [0.25, 0.3) is 0 Å². The zero-order valence-electron chi connectivity index (χ0n) is 10.6. The van der Waals surface area contributed by atoms with Crippen molar-refractivity contribution in [1.82, 2.24) is 0 Å². The summed E-state index contributed by atoms with van der Waals surface area (Å²) in [5.74, 6) is -2.79. The first-order chi connectivity index (χ1) is 9.95. The van der Waals surface area contributed by atoms with Gasteiger partial charge in [0.25, 0.3) is 11.7 Å². The molecule has 0 bridgehead atoms. The van der Waals surface area contributed by atoms with E-state index in [1.807, 2.05) is 0 Å². The molecule has 0 unspecified atom stereocenters. The van der Waals surface area contributed by atoms with Gasteiger partial charge in [-0.15, -0.1) is 0 Å². The van der Waals surface area contributed by atoms with Crippen molar-refractivity contribution in [2.75, 3.05) is 11.1 Å². The van der Waals surface area contributed by atoms with Gasteiger partial charge >= 0.3 is 0 Å². The topological polar surface area (TPSA) is 55.1 Å². The van der Waals surface area contributed by atoms with Crippen molar-refractivity contribution in [3.8, 4) is 0 Å². The number of amides is 1. The maximum absolute atomic E-state index is 12.2. The molecule has 2 rings (SSSR count). The molecule has 0 radical (unpaired) electrons. The van der Waals surface area contributed by atoms with Crippen LogP contribution in [0.5, 0.6) is 0 Å². The number of hydrogen-bond acceptors (Lipinski definition) is 3. The molecule has 0 spiro atoms. The number of nitrogens with one attached hydrogen (secondary N) is 1. The van der Waals surface area contributed by atoms with Crippen molar-refractivity contribution < 1.29 is 13.6 Å². The van der Waals surface area contributed by atoms with Gasteiger partial charge < -0.3 is 11.1 Å². The predicted molar refractivity (Wildman–Crippen MR) is 84.8 cm³/mol. The van der Waals surface area contributed by atoms with Crippen molar-refractivity contribution in [2.45, 2.75) is 10.7 Å². The van der Waals surface area contributed by atoms with Gasteiger partial charge in [0.05, 0.1) is 5.56 Å². The summed E-state index contributed by atoms with van der Waals surface area (Å²) in [5, 5.41) is 2.69. The number of thioether (sulfide) groups is 1. The average Bonchev–Trinajstić information content (AvgIpc) is 2.43. The number of carbonyl (C=O) groups excluding carboxylic acids is 1. The lowest BCUT2D eigenvalue weighted by Crippen LogP contribution is -2.12. The Hall–Kier alpha value is -1.60. The third-order valence-electron chi connectivity index (χ3n) is 2.57. The number of nitrogen functional groups attached to an aromatic ring is 1. The molecule has 110 valence electrons. The SMILES string of the molecule is Nc1ccc(Br)c(C(=O)Nc2ccc(SC(F)F)cc2)c1. The molecule has 7 heteroatoms. The lowest BCUT2D eigenvalue weighted by Gasteiger charge is -2.08. The summed E-state index contributed by atoms with van der Waals surface area (Å²) in [6.07, 6.45) is 0. The molecule has 0 saturated carbocycles. The Labute approximate surface area is 133 Å². The minimum absolute atomic E-state index is 0.330. The quantitative estimate of drug-likeness (QED) is 0.609. The van der Waals surface area contributed by atoms with E-state index in [1.54, 1.807) is 30.3 Å². The molecule has 0 aliphatic heterocycles. The summed E-state index contributed by atoms with van der Waals surface area (Å²) in [7, 11) is 0. The van der Waals surface area contributed by atoms with Crippen LogP contribution in [0.1, 0.15) is 10.4 Å². The molecule has 0 saturated heterocycles. The highest BCUT2D eigenvalue weighted by Gasteiger charge is 2.11. The number of nitrogens with two attached hydrogens (primary N) is 1. The number of alkyl halides is 2. The van der Waals surface area contributed by atoms with Gasteiger partial charge in [0, 0.05) is 20.7 Å². The zero-order valence-corrected chi connectivity index (χ0v) is 13.0. The van der Waals surface area contributed by atoms with Gasteiger partial charge in [-0.2, -0.15) is 8.78 Å². The molecular formula is C14H11BrF2N2OS. The molecule has 2 aromatic rings. The van der Waals surface area contributed by atoms with E-state index in [1.165, 1.54) is 12.1 Å². The van der Waals surface area contributed by atoms with Gasteiger partial charge in [-0.3, -0.25) is 4.79 Å². The molecule has 0 atom stereocenters. The fourth-order valence-corrected chi connectivity index (χ4v) is 2.56. The number of benzene rings is 2. The van der Waals surface area contributed by atoms with E-state index < -0.39 is 5.76 Å². The highest BCUT2D eigenvalue weighted by molar-refractivity contribution is 9.10. The highest BCUT2D eigenvalue weighted by atomic mass is 79.9. The lowest BCUT2D eigenvalue weighted by molar-refractivity contribution is 0.102. The molecular weight excluding hydrogens is 362 g/mol. The molecule has 3 nitrogen and oxygen atoms in total. The first-order valence-corrected chi connectivity index (χ1v) is 7.54. The van der Waals surface area contributed by atoms with Crippen LogP contribution in [-0.2, 0) is 0 Å². The summed E-state index contributed by atoms with van der Waals surface area (Å²) in [6.45, 7) is 0. The molecule has 21 heavy (non-hydrogen) atoms. The van der Waals surface area contributed by atoms with Crippen LogP contribution in [0, 0.1) is 0 Å². The molecule has 3 N–H and O–H groups in total. The third kappa shape index (κ3) is 4.44. The van der Waals surface area contributed by atoms with Gasteiger partial charge in [0.1, 0.15) is 0 Å². The Balaban J connectivity index is 2.10. The van der Waals surface area contributed by atoms with E-state index >= 15 is 0 Å². The molecule has 0 heterocycles. The molecule has 0 aromatic heterocycles. The summed E-state index contributed by atoms with van der Waals surface area (Å²) >= 11 is 3.74. The normalized spacial score (nSPS) is 10.7. The number of halogens is 3. The van der Waals surface area contributed by atoms with Crippen LogP contribution >= 0.6 is 27.7 Å². The smallest absolute Gasteiger partial charge is 0.288 e. The molecule has 0 fully saturated rings. The molecule has 1 amide bonds. The molecule has 0 aliphatic carbocycles. The fourth-order valence-electron chi connectivity index (χ4n) is 1.64. The van der Waals surface area contributed by atoms with Gasteiger partial charge in [0.15, 0.2) is 0 Å².